The minimum absolute atomic E-state index is 0.568. The summed E-state index contributed by atoms with van der Waals surface area (Å²) in [5.74, 6) is 0. The zero-order valence-electron chi connectivity index (χ0n) is 7.00. The van der Waals surface area contributed by atoms with Gasteiger partial charge in [-0.2, -0.15) is 0 Å². The Hall–Kier alpha value is -0.870. The number of hydrogen-bond donors (Lipinski definition) is 2. The van der Waals surface area contributed by atoms with E-state index in [1.165, 1.54) is 0 Å². The third kappa shape index (κ3) is 3.16. The lowest BCUT2D eigenvalue weighted by atomic mass is 10.2. The number of amides is 2. The molecule has 0 bridgehead atoms. The van der Waals surface area contributed by atoms with Crippen LogP contribution in [0.4, 0.5) is 4.79 Å². The molecule has 0 aromatic heterocycles. The molecule has 0 saturated heterocycles. The summed E-state index contributed by atoms with van der Waals surface area (Å²) in [6.07, 6.45) is 0. The van der Waals surface area contributed by atoms with Crippen molar-refractivity contribution in [2.75, 3.05) is 0 Å². The van der Waals surface area contributed by atoms with Crippen LogP contribution in [0.3, 0.4) is 0 Å². The number of primary amides is 1. The van der Waals surface area contributed by atoms with Crippen LogP contribution in [0.15, 0.2) is 23.1 Å². The number of urea groups is 1. The van der Waals surface area contributed by atoms with Crippen LogP contribution in [0.25, 0.3) is 0 Å². The summed E-state index contributed by atoms with van der Waals surface area (Å²) < 4.78 is 2.41. The Bertz CT molecular complexity index is 330. The van der Waals surface area contributed by atoms with Gasteiger partial charge in [0.05, 0.1) is 0 Å². The van der Waals surface area contributed by atoms with Crippen molar-refractivity contribution in [1.29, 1.82) is 0 Å². The Morgan fingerprint density at radius 3 is 2.85 bits per heavy atom. The van der Waals surface area contributed by atoms with E-state index in [2.05, 4.69) is 4.72 Å². The molecule has 0 heterocycles. The maximum atomic E-state index is 10.4. The van der Waals surface area contributed by atoms with Gasteiger partial charge < -0.3 is 5.73 Å². The highest BCUT2D eigenvalue weighted by atomic mass is 35.5. The van der Waals surface area contributed by atoms with Crippen molar-refractivity contribution in [2.45, 2.75) is 11.8 Å². The number of benzene rings is 1. The van der Waals surface area contributed by atoms with Crippen LogP contribution in [-0.4, -0.2) is 6.03 Å². The van der Waals surface area contributed by atoms with Crippen molar-refractivity contribution in [3.8, 4) is 0 Å². The highest BCUT2D eigenvalue weighted by Crippen LogP contribution is 2.22. The molecule has 0 atom stereocenters. The largest absolute Gasteiger partial charge is 0.351 e. The van der Waals surface area contributed by atoms with Gasteiger partial charge in [0.25, 0.3) is 0 Å². The van der Waals surface area contributed by atoms with E-state index in [9.17, 15) is 4.79 Å². The highest BCUT2D eigenvalue weighted by Gasteiger charge is 1.99. The predicted molar refractivity (Wildman–Crippen MR) is 54.8 cm³/mol. The van der Waals surface area contributed by atoms with E-state index in [4.69, 9.17) is 17.3 Å². The minimum atomic E-state index is -0.568. The molecule has 0 fully saturated rings. The van der Waals surface area contributed by atoms with E-state index in [-0.39, 0.29) is 0 Å². The predicted octanol–water partition coefficient (Wildman–Crippen LogP) is 2.32. The topological polar surface area (TPSA) is 55.1 Å². The molecule has 1 rings (SSSR count). The molecule has 3 nitrogen and oxygen atoms in total. The first-order valence-electron chi connectivity index (χ1n) is 3.58. The second-order valence-electron chi connectivity index (χ2n) is 2.48. The fourth-order valence-corrected chi connectivity index (χ4v) is 1.52. The molecule has 0 unspecified atom stereocenters. The first kappa shape index (κ1) is 10.2. The normalized spacial score (nSPS) is 9.69. The van der Waals surface area contributed by atoms with E-state index >= 15 is 0 Å². The zero-order chi connectivity index (χ0) is 9.84. The monoisotopic (exact) mass is 216 g/mol. The van der Waals surface area contributed by atoms with Crippen LogP contribution in [0.5, 0.6) is 0 Å². The third-order valence-electron chi connectivity index (χ3n) is 1.41. The summed E-state index contributed by atoms with van der Waals surface area (Å²) in [6.45, 7) is 1.91. The standard InChI is InChI=1S/C8H9ClN2OS/c1-5-2-3-6(4-7(5)9)13-11-8(10)12/h2-4H,1H3,(H3,10,11,12). The lowest BCUT2D eigenvalue weighted by molar-refractivity contribution is 0.254. The minimum Gasteiger partial charge on any atom is -0.351 e. The third-order valence-corrected chi connectivity index (χ3v) is 2.61. The maximum absolute atomic E-state index is 10.4. The molecule has 0 aliphatic rings. The van der Waals surface area contributed by atoms with Gasteiger partial charge in [0.1, 0.15) is 0 Å². The number of halogens is 1. The Kier molecular flexibility index (Phi) is 3.45. The van der Waals surface area contributed by atoms with E-state index in [0.29, 0.717) is 5.02 Å². The summed E-state index contributed by atoms with van der Waals surface area (Å²) in [5.41, 5.74) is 5.91. The molecule has 1 aromatic rings. The van der Waals surface area contributed by atoms with Crippen LogP contribution in [0, 0.1) is 6.92 Å². The molecule has 1 aromatic carbocycles. The lowest BCUT2D eigenvalue weighted by Gasteiger charge is -2.02. The van der Waals surface area contributed by atoms with Gasteiger partial charge in [-0.1, -0.05) is 17.7 Å². The van der Waals surface area contributed by atoms with E-state index in [1.807, 2.05) is 19.1 Å². The van der Waals surface area contributed by atoms with E-state index < -0.39 is 6.03 Å². The molecule has 0 saturated carbocycles. The molecule has 5 heteroatoms. The molecular weight excluding hydrogens is 208 g/mol. The average molecular weight is 217 g/mol. The number of aryl methyl sites for hydroxylation is 1. The quantitative estimate of drug-likeness (QED) is 0.746. The summed E-state index contributed by atoms with van der Waals surface area (Å²) in [7, 11) is 0. The summed E-state index contributed by atoms with van der Waals surface area (Å²) in [6, 6.07) is 4.95. The number of nitrogens with two attached hydrogens (primary N) is 1. The Morgan fingerprint density at radius 2 is 2.31 bits per heavy atom. The second-order valence-corrected chi connectivity index (χ2v) is 3.77. The van der Waals surface area contributed by atoms with Gasteiger partial charge in [0, 0.05) is 9.92 Å². The van der Waals surface area contributed by atoms with Crippen molar-refractivity contribution in [2.24, 2.45) is 5.73 Å². The van der Waals surface area contributed by atoms with Crippen LogP contribution in [0.1, 0.15) is 5.56 Å². The van der Waals surface area contributed by atoms with E-state index in [1.54, 1.807) is 6.07 Å². The summed E-state index contributed by atoms with van der Waals surface area (Å²) in [5, 5.41) is 0.677. The molecule has 0 aliphatic carbocycles. The zero-order valence-corrected chi connectivity index (χ0v) is 8.58. The summed E-state index contributed by atoms with van der Waals surface area (Å²) >= 11 is 7.01. The van der Waals surface area contributed by atoms with Gasteiger partial charge in [0.15, 0.2) is 0 Å². The molecule has 70 valence electrons. The van der Waals surface area contributed by atoms with Crippen molar-refractivity contribution in [3.05, 3.63) is 28.8 Å². The van der Waals surface area contributed by atoms with Gasteiger partial charge in [-0.05, 0) is 36.6 Å². The lowest BCUT2D eigenvalue weighted by Crippen LogP contribution is -2.22. The molecular formula is C8H9ClN2OS. The summed E-state index contributed by atoms with van der Waals surface area (Å²) in [4.78, 5) is 11.2. The second kappa shape index (κ2) is 4.39. The van der Waals surface area contributed by atoms with Gasteiger partial charge in [-0.3, -0.25) is 4.72 Å². The molecule has 3 N–H and O–H groups in total. The van der Waals surface area contributed by atoms with Gasteiger partial charge in [-0.25, -0.2) is 4.79 Å². The number of hydrogen-bond acceptors (Lipinski definition) is 2. The van der Waals surface area contributed by atoms with Crippen LogP contribution >= 0.6 is 23.5 Å². The molecule has 0 radical (unpaired) electrons. The molecule has 2 amide bonds. The van der Waals surface area contributed by atoms with Crippen molar-refractivity contribution in [1.82, 2.24) is 4.72 Å². The maximum Gasteiger partial charge on any atom is 0.322 e. The number of nitrogens with one attached hydrogen (secondary N) is 1. The first-order valence-corrected chi connectivity index (χ1v) is 4.77. The molecule has 0 spiro atoms. The fraction of sp³-hybridized carbons (Fsp3) is 0.125. The SMILES string of the molecule is Cc1ccc(SNC(N)=O)cc1Cl. The van der Waals surface area contributed by atoms with Gasteiger partial charge >= 0.3 is 6.03 Å². The molecule has 13 heavy (non-hydrogen) atoms. The van der Waals surface area contributed by atoms with Crippen molar-refractivity contribution < 1.29 is 4.79 Å². The van der Waals surface area contributed by atoms with Crippen LogP contribution in [0.2, 0.25) is 5.02 Å². The van der Waals surface area contributed by atoms with Crippen molar-refractivity contribution in [3.63, 3.8) is 0 Å². The number of carbonyl (C=O) groups is 1. The van der Waals surface area contributed by atoms with Gasteiger partial charge in [-0.15, -0.1) is 0 Å². The Balaban J connectivity index is 2.68. The number of carbonyl (C=O) groups excluding carboxylic acids is 1. The van der Waals surface area contributed by atoms with Crippen molar-refractivity contribution >= 4 is 29.6 Å². The average Bonchev–Trinajstić information content (AvgIpc) is 2.07. The van der Waals surface area contributed by atoms with Gasteiger partial charge in [0.2, 0.25) is 0 Å². The fourth-order valence-electron chi connectivity index (χ4n) is 0.746. The van der Waals surface area contributed by atoms with E-state index in [0.717, 1.165) is 22.4 Å². The van der Waals surface area contributed by atoms with Crippen LogP contribution < -0.4 is 10.5 Å². The van der Waals surface area contributed by atoms with Crippen LogP contribution in [-0.2, 0) is 0 Å². The Morgan fingerprint density at radius 1 is 1.62 bits per heavy atom. The first-order chi connectivity index (χ1) is 6.09. The Labute approximate surface area is 85.8 Å². The highest BCUT2D eigenvalue weighted by molar-refractivity contribution is 7.98. The number of rotatable bonds is 2. The smallest absolute Gasteiger partial charge is 0.322 e. The molecule has 0 aliphatic heterocycles.